The normalized spacial score (nSPS) is 29.2. The third kappa shape index (κ3) is 3.60. The van der Waals surface area contributed by atoms with Gasteiger partial charge in [-0.25, -0.2) is 8.42 Å². The molecule has 0 aliphatic carbocycles. The molecule has 0 N–H and O–H groups in total. The van der Waals surface area contributed by atoms with Gasteiger partial charge in [0.25, 0.3) is 0 Å². The highest BCUT2D eigenvalue weighted by Gasteiger charge is 2.67. The molecule has 176 valence electrons. The molecular formula is C25H31N3O4S. The summed E-state index contributed by atoms with van der Waals surface area (Å²) < 4.78 is 35.2. The lowest BCUT2D eigenvalue weighted by Crippen LogP contribution is -2.74. The van der Waals surface area contributed by atoms with E-state index in [0.29, 0.717) is 13.2 Å². The van der Waals surface area contributed by atoms with E-state index in [2.05, 4.69) is 4.90 Å². The second-order valence-electron chi connectivity index (χ2n) is 10.3. The van der Waals surface area contributed by atoms with Crippen molar-refractivity contribution in [3.05, 3.63) is 71.8 Å². The molecule has 1 amide bonds. The lowest BCUT2D eigenvalue weighted by Gasteiger charge is -2.52. The minimum Gasteiger partial charge on any atom is -0.359 e. The number of nitrogens with zero attached hydrogens (tertiary/aromatic N) is 3. The van der Waals surface area contributed by atoms with Crippen LogP contribution in [-0.4, -0.2) is 65.1 Å². The van der Waals surface area contributed by atoms with Crippen LogP contribution in [0.5, 0.6) is 0 Å². The fraction of sp³-hybridized carbons (Fsp3) is 0.480. The zero-order valence-electron chi connectivity index (χ0n) is 19.5. The van der Waals surface area contributed by atoms with Crippen LogP contribution >= 0.6 is 0 Å². The van der Waals surface area contributed by atoms with E-state index in [1.54, 1.807) is 9.21 Å². The summed E-state index contributed by atoms with van der Waals surface area (Å²) in [4.78, 5) is 17.2. The number of fused-ring (bicyclic) bond motifs is 1. The van der Waals surface area contributed by atoms with Crippen molar-refractivity contribution in [1.82, 2.24) is 14.1 Å². The minimum atomic E-state index is -3.68. The number of β-lactam (4-membered cyclic amide) rings is 1. The predicted octanol–water partition coefficient (Wildman–Crippen LogP) is 2.96. The van der Waals surface area contributed by atoms with Crippen molar-refractivity contribution < 1.29 is 17.9 Å². The average molecular weight is 470 g/mol. The number of benzene rings is 2. The Morgan fingerprint density at radius 1 is 0.970 bits per heavy atom. The summed E-state index contributed by atoms with van der Waals surface area (Å²) in [6, 6.07) is 18.5. The van der Waals surface area contributed by atoms with Gasteiger partial charge in [-0.2, -0.15) is 4.31 Å². The first kappa shape index (κ1) is 22.5. The van der Waals surface area contributed by atoms with Gasteiger partial charge in [0.2, 0.25) is 15.9 Å². The number of carbonyl (C=O) groups excluding carboxylic acids is 1. The number of sulfonamides is 1. The smallest absolute Gasteiger partial charge is 0.245 e. The van der Waals surface area contributed by atoms with Crippen LogP contribution in [0, 0.1) is 0 Å². The van der Waals surface area contributed by atoms with Crippen molar-refractivity contribution in [3.8, 4) is 0 Å². The van der Waals surface area contributed by atoms with Crippen molar-refractivity contribution in [2.24, 2.45) is 0 Å². The van der Waals surface area contributed by atoms with E-state index in [9.17, 15) is 13.2 Å². The third-order valence-corrected chi connectivity index (χ3v) is 9.07. The zero-order valence-corrected chi connectivity index (χ0v) is 20.3. The maximum atomic E-state index is 13.7. The van der Waals surface area contributed by atoms with Gasteiger partial charge in [-0.3, -0.25) is 9.69 Å². The quantitative estimate of drug-likeness (QED) is 0.630. The summed E-state index contributed by atoms with van der Waals surface area (Å²) in [5.74, 6) is -0.130. The zero-order chi connectivity index (χ0) is 23.6. The molecule has 3 fully saturated rings. The molecule has 3 aliphatic rings. The first-order valence-electron chi connectivity index (χ1n) is 11.4. The van der Waals surface area contributed by atoms with Gasteiger partial charge in [-0.1, -0.05) is 60.7 Å². The Bertz CT molecular complexity index is 1150. The van der Waals surface area contributed by atoms with Gasteiger partial charge in [0, 0.05) is 6.54 Å². The maximum Gasteiger partial charge on any atom is 0.245 e. The SMILES string of the molecule is CC1(C)CN2C(=O)[C@@H](N3[C@@H](c4ccccc4)COC3(C)C)[C@@H]2N1S(=O)(=O)Cc1ccccc1. The van der Waals surface area contributed by atoms with E-state index in [4.69, 9.17) is 4.74 Å². The summed E-state index contributed by atoms with van der Waals surface area (Å²) in [7, 11) is -3.68. The van der Waals surface area contributed by atoms with Gasteiger partial charge >= 0.3 is 0 Å². The van der Waals surface area contributed by atoms with E-state index < -0.39 is 33.5 Å². The second kappa shape index (κ2) is 7.63. The fourth-order valence-corrected chi connectivity index (χ4v) is 7.84. The van der Waals surface area contributed by atoms with Crippen molar-refractivity contribution in [3.63, 3.8) is 0 Å². The maximum absolute atomic E-state index is 13.7. The van der Waals surface area contributed by atoms with Crippen LogP contribution in [-0.2, 0) is 25.3 Å². The molecule has 8 heteroatoms. The highest BCUT2D eigenvalue weighted by molar-refractivity contribution is 7.88. The highest BCUT2D eigenvalue weighted by Crippen LogP contribution is 2.48. The number of hydrogen-bond donors (Lipinski definition) is 0. The van der Waals surface area contributed by atoms with Gasteiger partial charge < -0.3 is 9.64 Å². The molecule has 0 aromatic heterocycles. The molecule has 0 unspecified atom stereocenters. The lowest BCUT2D eigenvalue weighted by molar-refractivity contribution is -0.176. The molecule has 7 nitrogen and oxygen atoms in total. The first-order chi connectivity index (χ1) is 15.5. The van der Waals surface area contributed by atoms with Gasteiger partial charge in [0.15, 0.2) is 0 Å². The van der Waals surface area contributed by atoms with Crippen LogP contribution in [0.2, 0.25) is 0 Å². The Labute approximate surface area is 196 Å². The fourth-order valence-electron chi connectivity index (χ4n) is 5.72. The molecular weight excluding hydrogens is 438 g/mol. The molecule has 2 aromatic carbocycles. The van der Waals surface area contributed by atoms with Crippen LogP contribution in [0.1, 0.15) is 44.9 Å². The summed E-state index contributed by atoms with van der Waals surface area (Å²) in [5.41, 5.74) is 0.399. The highest BCUT2D eigenvalue weighted by atomic mass is 32.2. The molecule has 0 radical (unpaired) electrons. The van der Waals surface area contributed by atoms with Crippen LogP contribution in [0.25, 0.3) is 0 Å². The Morgan fingerprint density at radius 2 is 1.58 bits per heavy atom. The van der Waals surface area contributed by atoms with Gasteiger partial charge in [-0.15, -0.1) is 0 Å². The number of carbonyl (C=O) groups is 1. The van der Waals surface area contributed by atoms with Crippen molar-refractivity contribution >= 4 is 15.9 Å². The molecule has 0 spiro atoms. The molecule has 5 rings (SSSR count). The number of ether oxygens (including phenoxy) is 1. The first-order valence-corrected chi connectivity index (χ1v) is 13.0. The molecule has 0 saturated carbocycles. The Morgan fingerprint density at radius 3 is 2.21 bits per heavy atom. The Kier molecular flexibility index (Phi) is 5.21. The predicted molar refractivity (Wildman–Crippen MR) is 125 cm³/mol. The van der Waals surface area contributed by atoms with E-state index in [0.717, 1.165) is 11.1 Å². The minimum absolute atomic E-state index is 0.0370. The van der Waals surface area contributed by atoms with Crippen LogP contribution < -0.4 is 0 Å². The van der Waals surface area contributed by atoms with E-state index >= 15 is 0 Å². The number of rotatable bonds is 5. The van der Waals surface area contributed by atoms with Crippen LogP contribution in [0.3, 0.4) is 0 Å². The Hall–Kier alpha value is -2.26. The molecule has 33 heavy (non-hydrogen) atoms. The molecule has 3 saturated heterocycles. The topological polar surface area (TPSA) is 70.2 Å². The summed E-state index contributed by atoms with van der Waals surface area (Å²) in [6.07, 6.45) is -0.548. The molecule has 3 atom stereocenters. The third-order valence-electron chi connectivity index (χ3n) is 7.06. The van der Waals surface area contributed by atoms with E-state index in [1.807, 2.05) is 88.4 Å². The monoisotopic (exact) mass is 469 g/mol. The van der Waals surface area contributed by atoms with Crippen molar-refractivity contribution in [2.45, 2.75) is 63.0 Å². The number of hydrogen-bond acceptors (Lipinski definition) is 5. The summed E-state index contributed by atoms with van der Waals surface area (Å²) >= 11 is 0. The van der Waals surface area contributed by atoms with Crippen molar-refractivity contribution in [2.75, 3.05) is 13.2 Å². The van der Waals surface area contributed by atoms with Crippen LogP contribution in [0.4, 0.5) is 0 Å². The van der Waals surface area contributed by atoms with E-state index in [-0.39, 0.29) is 17.7 Å². The van der Waals surface area contributed by atoms with Crippen LogP contribution in [0.15, 0.2) is 60.7 Å². The standard InChI is InChI=1S/C25H31N3O4S/c1-24(2)17-26-22(28(24)33(30,31)16-18-11-7-5-8-12-18)21(23(26)29)27-20(15-32-25(27,3)4)19-13-9-6-10-14-19/h5-14,20-22H,15-17H2,1-4H3/t20-,21+,22+/m1/s1. The van der Waals surface area contributed by atoms with Gasteiger partial charge in [-0.05, 0) is 38.8 Å². The average Bonchev–Trinajstić information content (AvgIpc) is 3.20. The van der Waals surface area contributed by atoms with Gasteiger partial charge in [0.1, 0.15) is 17.9 Å². The molecule has 0 bridgehead atoms. The summed E-state index contributed by atoms with van der Waals surface area (Å²) in [6.45, 7) is 8.54. The van der Waals surface area contributed by atoms with Gasteiger partial charge in [0.05, 0.1) is 23.9 Å². The molecule has 3 heterocycles. The summed E-state index contributed by atoms with van der Waals surface area (Å²) in [5, 5.41) is 0. The Balaban J connectivity index is 1.52. The second-order valence-corrected chi connectivity index (χ2v) is 12.1. The van der Waals surface area contributed by atoms with Crippen molar-refractivity contribution in [1.29, 1.82) is 0 Å². The molecule has 2 aromatic rings. The lowest BCUT2D eigenvalue weighted by atomic mass is 9.95. The largest absolute Gasteiger partial charge is 0.359 e. The van der Waals surface area contributed by atoms with E-state index in [1.165, 1.54) is 0 Å². The molecule has 3 aliphatic heterocycles. The number of amides is 1.